The van der Waals surface area contributed by atoms with Crippen molar-refractivity contribution in [2.24, 2.45) is 0 Å². The molecule has 0 spiro atoms. The number of fused-ring (bicyclic) bond motifs is 8. The van der Waals surface area contributed by atoms with E-state index in [1.807, 2.05) is 0 Å². The highest BCUT2D eigenvalue weighted by molar-refractivity contribution is 6.23. The molecule has 0 atom stereocenters. The molecule has 0 unspecified atom stereocenters. The summed E-state index contributed by atoms with van der Waals surface area (Å²) in [6.45, 7) is 4.69. The molecule has 0 N–H and O–H groups in total. The van der Waals surface area contributed by atoms with Crippen molar-refractivity contribution >= 4 is 49.4 Å². The number of para-hydroxylation sites is 1. The fraction of sp³-hybridized carbons (Fsp3) is 0.0588. The van der Waals surface area contributed by atoms with Gasteiger partial charge in [-0.3, -0.25) is 0 Å². The van der Waals surface area contributed by atoms with Crippen LogP contribution in [0, 0.1) is 0 Å². The standard InChI is InChI=1S/C51H37N/c1-51(2)47-22-12-10-20-43(47)46-33-39(30-31-48(46)51)52(49-23-13-11-17-40(49)34-14-4-3-5-15-34)38-28-26-36(27-29-38)45-32-37-25-24-35-16-6-7-18-41(35)50(37)44-21-9-8-19-42(44)45/h3-33H,1-2H3. The van der Waals surface area contributed by atoms with Crippen LogP contribution in [0.5, 0.6) is 0 Å². The zero-order chi connectivity index (χ0) is 34.8. The Kier molecular flexibility index (Phi) is 6.91. The van der Waals surface area contributed by atoms with E-state index in [1.54, 1.807) is 0 Å². The number of rotatable bonds is 5. The monoisotopic (exact) mass is 663 g/mol. The van der Waals surface area contributed by atoms with Gasteiger partial charge in [0.05, 0.1) is 5.69 Å². The van der Waals surface area contributed by atoms with Crippen molar-refractivity contribution in [3.8, 4) is 33.4 Å². The summed E-state index contributed by atoms with van der Waals surface area (Å²) in [6, 6.07) is 69.1. The molecule has 0 saturated carbocycles. The second-order valence-corrected chi connectivity index (χ2v) is 14.5. The maximum atomic E-state index is 2.44. The first-order valence-electron chi connectivity index (χ1n) is 18.2. The Labute approximate surface area is 305 Å². The van der Waals surface area contributed by atoms with Crippen molar-refractivity contribution in [1.82, 2.24) is 0 Å². The highest BCUT2D eigenvalue weighted by atomic mass is 15.1. The van der Waals surface area contributed by atoms with Gasteiger partial charge in [-0.05, 0) is 108 Å². The quantitative estimate of drug-likeness (QED) is 0.166. The van der Waals surface area contributed by atoms with Crippen LogP contribution in [-0.2, 0) is 5.41 Å². The zero-order valence-electron chi connectivity index (χ0n) is 29.3. The molecule has 246 valence electrons. The SMILES string of the molecule is CC1(C)c2ccccc2-c2cc(N(c3ccc(-c4cc5ccc6ccccc6c5c5ccccc45)cc3)c3ccccc3-c3ccccc3)ccc21. The van der Waals surface area contributed by atoms with E-state index in [2.05, 4.69) is 207 Å². The third kappa shape index (κ3) is 4.70. The fourth-order valence-corrected chi connectivity index (χ4v) is 8.71. The molecule has 1 aliphatic carbocycles. The van der Waals surface area contributed by atoms with Crippen molar-refractivity contribution in [2.45, 2.75) is 19.3 Å². The average molecular weight is 664 g/mol. The maximum absolute atomic E-state index is 2.44. The van der Waals surface area contributed by atoms with Crippen molar-refractivity contribution in [2.75, 3.05) is 4.90 Å². The van der Waals surface area contributed by atoms with Gasteiger partial charge in [0.15, 0.2) is 0 Å². The summed E-state index contributed by atoms with van der Waals surface area (Å²) in [6.07, 6.45) is 0. The maximum Gasteiger partial charge on any atom is 0.0540 e. The molecule has 9 aromatic rings. The molecule has 10 rings (SSSR count). The van der Waals surface area contributed by atoms with Crippen LogP contribution in [0.4, 0.5) is 17.1 Å². The summed E-state index contributed by atoms with van der Waals surface area (Å²) in [5, 5.41) is 7.70. The van der Waals surface area contributed by atoms with E-state index in [-0.39, 0.29) is 5.41 Å². The molecule has 0 saturated heterocycles. The Morgan fingerprint density at radius 1 is 0.365 bits per heavy atom. The van der Waals surface area contributed by atoms with Crippen LogP contribution < -0.4 is 4.90 Å². The van der Waals surface area contributed by atoms with E-state index in [0.717, 1.165) is 17.1 Å². The Balaban J connectivity index is 1.16. The molecule has 0 bridgehead atoms. The first-order chi connectivity index (χ1) is 25.6. The van der Waals surface area contributed by atoms with E-state index < -0.39 is 0 Å². The third-order valence-electron chi connectivity index (χ3n) is 11.2. The molecule has 1 heteroatoms. The molecular weight excluding hydrogens is 627 g/mol. The predicted octanol–water partition coefficient (Wildman–Crippen LogP) is 14.3. The first-order valence-corrected chi connectivity index (χ1v) is 18.2. The smallest absolute Gasteiger partial charge is 0.0540 e. The van der Waals surface area contributed by atoms with Crippen molar-refractivity contribution in [3.63, 3.8) is 0 Å². The van der Waals surface area contributed by atoms with Crippen LogP contribution in [0.15, 0.2) is 188 Å². The lowest BCUT2D eigenvalue weighted by Crippen LogP contribution is -2.15. The van der Waals surface area contributed by atoms with Gasteiger partial charge in [-0.15, -0.1) is 0 Å². The second kappa shape index (κ2) is 11.8. The van der Waals surface area contributed by atoms with Gasteiger partial charge in [-0.25, -0.2) is 0 Å². The van der Waals surface area contributed by atoms with Crippen LogP contribution in [0.1, 0.15) is 25.0 Å². The van der Waals surface area contributed by atoms with Crippen LogP contribution in [-0.4, -0.2) is 0 Å². The van der Waals surface area contributed by atoms with Gasteiger partial charge in [0, 0.05) is 22.4 Å². The number of hydrogen-bond acceptors (Lipinski definition) is 1. The number of anilines is 3. The highest BCUT2D eigenvalue weighted by Gasteiger charge is 2.35. The van der Waals surface area contributed by atoms with E-state index in [9.17, 15) is 0 Å². The van der Waals surface area contributed by atoms with Gasteiger partial charge in [0.25, 0.3) is 0 Å². The largest absolute Gasteiger partial charge is 0.310 e. The Bertz CT molecular complexity index is 2810. The molecule has 0 amide bonds. The van der Waals surface area contributed by atoms with Crippen LogP contribution >= 0.6 is 0 Å². The van der Waals surface area contributed by atoms with Crippen molar-refractivity contribution in [3.05, 3.63) is 199 Å². The first kappa shape index (κ1) is 30.4. The minimum Gasteiger partial charge on any atom is -0.310 e. The van der Waals surface area contributed by atoms with Crippen LogP contribution in [0.25, 0.3) is 65.7 Å². The minimum absolute atomic E-state index is 0.0478. The molecular formula is C51H37N. The summed E-state index contributed by atoms with van der Waals surface area (Å²) in [4.78, 5) is 2.44. The highest BCUT2D eigenvalue weighted by Crippen LogP contribution is 2.51. The number of benzene rings is 9. The van der Waals surface area contributed by atoms with Gasteiger partial charge >= 0.3 is 0 Å². The summed E-state index contributed by atoms with van der Waals surface area (Å²) < 4.78 is 0. The molecule has 0 aromatic heterocycles. The molecule has 0 heterocycles. The Hall–Kier alpha value is -6.44. The van der Waals surface area contributed by atoms with E-state index in [0.29, 0.717) is 0 Å². The van der Waals surface area contributed by atoms with Gasteiger partial charge in [0.2, 0.25) is 0 Å². The lowest BCUT2D eigenvalue weighted by Gasteiger charge is -2.29. The topological polar surface area (TPSA) is 3.24 Å². The van der Waals surface area contributed by atoms with E-state index in [4.69, 9.17) is 0 Å². The van der Waals surface area contributed by atoms with Crippen LogP contribution in [0.3, 0.4) is 0 Å². The zero-order valence-corrected chi connectivity index (χ0v) is 29.3. The van der Waals surface area contributed by atoms with Gasteiger partial charge in [-0.2, -0.15) is 0 Å². The van der Waals surface area contributed by atoms with E-state index >= 15 is 0 Å². The molecule has 0 fully saturated rings. The third-order valence-corrected chi connectivity index (χ3v) is 11.2. The minimum atomic E-state index is -0.0478. The Morgan fingerprint density at radius 2 is 0.962 bits per heavy atom. The number of hydrogen-bond donors (Lipinski definition) is 0. The lowest BCUT2D eigenvalue weighted by molar-refractivity contribution is 0.660. The van der Waals surface area contributed by atoms with E-state index in [1.165, 1.54) is 76.8 Å². The fourth-order valence-electron chi connectivity index (χ4n) is 8.71. The van der Waals surface area contributed by atoms with Crippen LogP contribution in [0.2, 0.25) is 0 Å². The predicted molar refractivity (Wildman–Crippen MR) is 222 cm³/mol. The molecule has 52 heavy (non-hydrogen) atoms. The molecule has 1 aliphatic rings. The average Bonchev–Trinajstić information content (AvgIpc) is 3.43. The Morgan fingerprint density at radius 3 is 1.79 bits per heavy atom. The normalized spacial score (nSPS) is 13.0. The summed E-state index contributed by atoms with van der Waals surface area (Å²) >= 11 is 0. The molecule has 0 radical (unpaired) electrons. The summed E-state index contributed by atoms with van der Waals surface area (Å²) in [5.74, 6) is 0. The summed E-state index contributed by atoms with van der Waals surface area (Å²) in [5.41, 5.74) is 13.6. The number of nitrogens with zero attached hydrogens (tertiary/aromatic N) is 1. The van der Waals surface area contributed by atoms with Crippen molar-refractivity contribution < 1.29 is 0 Å². The lowest BCUT2D eigenvalue weighted by atomic mass is 9.82. The second-order valence-electron chi connectivity index (χ2n) is 14.5. The van der Waals surface area contributed by atoms with Crippen molar-refractivity contribution in [1.29, 1.82) is 0 Å². The van der Waals surface area contributed by atoms with Gasteiger partial charge in [0.1, 0.15) is 0 Å². The summed E-state index contributed by atoms with van der Waals surface area (Å²) in [7, 11) is 0. The van der Waals surface area contributed by atoms with Gasteiger partial charge < -0.3 is 4.90 Å². The van der Waals surface area contributed by atoms with Gasteiger partial charge in [-0.1, -0.05) is 166 Å². The molecule has 0 aliphatic heterocycles. The molecule has 9 aromatic carbocycles. The molecule has 1 nitrogen and oxygen atoms in total.